The second-order valence-electron chi connectivity index (χ2n) is 4.39. The van der Waals surface area contributed by atoms with E-state index in [-0.39, 0.29) is 18.0 Å². The minimum atomic E-state index is -0.536. The molecule has 6 nitrogen and oxygen atoms in total. The van der Waals surface area contributed by atoms with E-state index in [1.54, 1.807) is 0 Å². The molecular weight excluding hydrogens is 246 g/mol. The van der Waals surface area contributed by atoms with Gasteiger partial charge in [0.05, 0.1) is 4.92 Å². The Kier molecular flexibility index (Phi) is 3.41. The average molecular weight is 259 g/mol. The van der Waals surface area contributed by atoms with Crippen molar-refractivity contribution < 1.29 is 9.72 Å². The van der Waals surface area contributed by atoms with E-state index in [0.717, 1.165) is 17.3 Å². The number of nitro groups is 1. The third-order valence-corrected chi connectivity index (χ3v) is 2.83. The van der Waals surface area contributed by atoms with Crippen LogP contribution in [0.2, 0.25) is 0 Å². The van der Waals surface area contributed by atoms with Gasteiger partial charge in [-0.3, -0.25) is 19.6 Å². The summed E-state index contributed by atoms with van der Waals surface area (Å²) < 4.78 is 1.28. The highest BCUT2D eigenvalue weighted by molar-refractivity contribution is 5.97. The SMILES string of the molecule is Cc1ccc(C)c(C(=O)Cn2cc([N+](=O)[O-])cn2)c1. The van der Waals surface area contributed by atoms with Gasteiger partial charge < -0.3 is 0 Å². The smallest absolute Gasteiger partial charge is 0.292 e. The first kappa shape index (κ1) is 12.9. The van der Waals surface area contributed by atoms with Gasteiger partial charge in [-0.05, 0) is 25.5 Å². The van der Waals surface area contributed by atoms with Crippen molar-refractivity contribution >= 4 is 11.5 Å². The van der Waals surface area contributed by atoms with Crippen molar-refractivity contribution in [2.75, 3.05) is 0 Å². The first-order chi connectivity index (χ1) is 8.97. The predicted molar refractivity (Wildman–Crippen MR) is 69.1 cm³/mol. The zero-order valence-electron chi connectivity index (χ0n) is 10.7. The average Bonchev–Trinajstić information content (AvgIpc) is 2.80. The number of nitrogens with zero attached hydrogens (tertiary/aromatic N) is 3. The molecule has 0 amide bonds. The normalized spacial score (nSPS) is 10.4. The fourth-order valence-electron chi connectivity index (χ4n) is 1.80. The van der Waals surface area contributed by atoms with Crippen molar-refractivity contribution in [3.8, 4) is 0 Å². The van der Waals surface area contributed by atoms with Gasteiger partial charge in [-0.2, -0.15) is 5.10 Å². The largest absolute Gasteiger partial charge is 0.307 e. The van der Waals surface area contributed by atoms with Gasteiger partial charge in [0.2, 0.25) is 0 Å². The lowest BCUT2D eigenvalue weighted by Gasteiger charge is -2.06. The monoisotopic (exact) mass is 259 g/mol. The van der Waals surface area contributed by atoms with Gasteiger partial charge in [-0.1, -0.05) is 17.7 Å². The molecule has 0 aliphatic carbocycles. The molecule has 0 spiro atoms. The molecule has 0 N–H and O–H groups in total. The highest BCUT2D eigenvalue weighted by atomic mass is 16.6. The van der Waals surface area contributed by atoms with Gasteiger partial charge in [0.15, 0.2) is 5.78 Å². The number of hydrogen-bond donors (Lipinski definition) is 0. The number of ketones is 1. The number of rotatable bonds is 4. The van der Waals surface area contributed by atoms with Gasteiger partial charge in [-0.25, -0.2) is 0 Å². The summed E-state index contributed by atoms with van der Waals surface area (Å²) in [5.41, 5.74) is 2.39. The summed E-state index contributed by atoms with van der Waals surface area (Å²) in [6.45, 7) is 3.77. The van der Waals surface area contributed by atoms with E-state index in [4.69, 9.17) is 0 Å². The molecular formula is C13H13N3O3. The third kappa shape index (κ3) is 2.85. The Morgan fingerprint density at radius 2 is 2.16 bits per heavy atom. The summed E-state index contributed by atoms with van der Waals surface area (Å²) in [6, 6.07) is 5.63. The van der Waals surface area contributed by atoms with Crippen LogP contribution in [-0.2, 0) is 6.54 Å². The van der Waals surface area contributed by atoms with Crippen LogP contribution in [0.15, 0.2) is 30.6 Å². The number of aromatic nitrogens is 2. The number of carbonyl (C=O) groups excluding carboxylic acids is 1. The summed E-state index contributed by atoms with van der Waals surface area (Å²) >= 11 is 0. The van der Waals surface area contributed by atoms with Crippen LogP contribution in [-0.4, -0.2) is 20.5 Å². The maximum Gasteiger partial charge on any atom is 0.307 e. The molecule has 98 valence electrons. The van der Waals surface area contributed by atoms with E-state index in [1.807, 2.05) is 32.0 Å². The van der Waals surface area contributed by atoms with Crippen molar-refractivity contribution in [2.24, 2.45) is 0 Å². The van der Waals surface area contributed by atoms with Crippen molar-refractivity contribution in [3.63, 3.8) is 0 Å². The van der Waals surface area contributed by atoms with E-state index in [2.05, 4.69) is 5.10 Å². The van der Waals surface area contributed by atoms with Crippen LogP contribution in [0.3, 0.4) is 0 Å². The van der Waals surface area contributed by atoms with E-state index < -0.39 is 4.92 Å². The van der Waals surface area contributed by atoms with E-state index >= 15 is 0 Å². The molecule has 1 aromatic heterocycles. The molecule has 6 heteroatoms. The lowest BCUT2D eigenvalue weighted by atomic mass is 10.0. The van der Waals surface area contributed by atoms with E-state index in [1.165, 1.54) is 10.9 Å². The quantitative estimate of drug-likeness (QED) is 0.479. The number of benzene rings is 1. The van der Waals surface area contributed by atoms with Crippen LogP contribution in [0.1, 0.15) is 21.5 Å². The Labute approximate surface area is 109 Å². The lowest BCUT2D eigenvalue weighted by Crippen LogP contribution is -2.12. The lowest BCUT2D eigenvalue weighted by molar-refractivity contribution is -0.385. The summed E-state index contributed by atoms with van der Waals surface area (Å²) in [6.07, 6.45) is 2.39. The van der Waals surface area contributed by atoms with Gasteiger partial charge in [-0.15, -0.1) is 0 Å². The van der Waals surface area contributed by atoms with Crippen LogP contribution in [0.5, 0.6) is 0 Å². The third-order valence-electron chi connectivity index (χ3n) is 2.83. The van der Waals surface area contributed by atoms with E-state index in [9.17, 15) is 14.9 Å². The van der Waals surface area contributed by atoms with Gasteiger partial charge >= 0.3 is 5.69 Å². The molecule has 0 bridgehead atoms. The molecule has 0 radical (unpaired) electrons. The summed E-state index contributed by atoms with van der Waals surface area (Å²) in [7, 11) is 0. The van der Waals surface area contributed by atoms with Crippen LogP contribution in [0.4, 0.5) is 5.69 Å². The fourth-order valence-corrected chi connectivity index (χ4v) is 1.80. The number of Topliss-reactive ketones (excluding diaryl/α,β-unsaturated/α-hetero) is 1. The standard InChI is InChI=1S/C13H13N3O3/c1-9-3-4-10(2)12(5-9)13(17)8-15-7-11(6-14-15)16(18)19/h3-7H,8H2,1-2H3. The summed E-state index contributed by atoms with van der Waals surface area (Å²) in [5, 5.41) is 14.3. The highest BCUT2D eigenvalue weighted by Gasteiger charge is 2.14. The molecule has 19 heavy (non-hydrogen) atoms. The number of hydrogen-bond acceptors (Lipinski definition) is 4. The van der Waals surface area contributed by atoms with Crippen molar-refractivity contribution in [3.05, 3.63) is 57.4 Å². The zero-order valence-corrected chi connectivity index (χ0v) is 10.7. The summed E-state index contributed by atoms with van der Waals surface area (Å²) in [5.74, 6) is -0.112. The predicted octanol–water partition coefficient (Wildman–Crippen LogP) is 2.29. The molecule has 1 aromatic carbocycles. The molecule has 2 aromatic rings. The Morgan fingerprint density at radius 3 is 2.79 bits per heavy atom. The van der Waals surface area contributed by atoms with Gasteiger partial charge in [0.1, 0.15) is 18.9 Å². The van der Waals surface area contributed by atoms with Gasteiger partial charge in [0.25, 0.3) is 0 Å². The Bertz CT molecular complexity index is 646. The molecule has 0 aliphatic rings. The number of aryl methyl sites for hydroxylation is 2. The number of carbonyl (C=O) groups is 1. The molecule has 0 atom stereocenters. The minimum Gasteiger partial charge on any atom is -0.292 e. The van der Waals surface area contributed by atoms with Crippen LogP contribution in [0, 0.1) is 24.0 Å². The zero-order chi connectivity index (χ0) is 14.0. The maximum absolute atomic E-state index is 12.1. The molecule has 2 rings (SSSR count). The van der Waals surface area contributed by atoms with Crippen LogP contribution < -0.4 is 0 Å². The summed E-state index contributed by atoms with van der Waals surface area (Å²) in [4.78, 5) is 22.1. The van der Waals surface area contributed by atoms with Crippen LogP contribution >= 0.6 is 0 Å². The van der Waals surface area contributed by atoms with Crippen molar-refractivity contribution in [2.45, 2.75) is 20.4 Å². The molecule has 0 saturated heterocycles. The fraction of sp³-hybridized carbons (Fsp3) is 0.231. The van der Waals surface area contributed by atoms with Crippen LogP contribution in [0.25, 0.3) is 0 Å². The molecule has 0 fully saturated rings. The topological polar surface area (TPSA) is 78.0 Å². The Hall–Kier alpha value is -2.50. The molecule has 0 aliphatic heterocycles. The van der Waals surface area contributed by atoms with Gasteiger partial charge in [0, 0.05) is 5.56 Å². The Morgan fingerprint density at radius 1 is 1.42 bits per heavy atom. The Balaban J connectivity index is 2.20. The van der Waals surface area contributed by atoms with E-state index in [0.29, 0.717) is 5.56 Å². The second kappa shape index (κ2) is 5.01. The van der Waals surface area contributed by atoms with Crippen molar-refractivity contribution in [1.82, 2.24) is 9.78 Å². The van der Waals surface area contributed by atoms with Crippen molar-refractivity contribution in [1.29, 1.82) is 0 Å². The first-order valence-corrected chi connectivity index (χ1v) is 5.74. The molecule has 0 saturated carbocycles. The second-order valence-corrected chi connectivity index (χ2v) is 4.39. The molecule has 0 unspecified atom stereocenters. The molecule has 1 heterocycles. The first-order valence-electron chi connectivity index (χ1n) is 5.74. The minimum absolute atomic E-state index is 0.00185. The maximum atomic E-state index is 12.1. The highest BCUT2D eigenvalue weighted by Crippen LogP contribution is 2.13.